The number of sulfone groups is 1. The lowest BCUT2D eigenvalue weighted by Crippen LogP contribution is -2.50. The van der Waals surface area contributed by atoms with Crippen molar-refractivity contribution in [2.24, 2.45) is 11.8 Å². The van der Waals surface area contributed by atoms with Crippen LogP contribution in [0.5, 0.6) is 5.75 Å². The van der Waals surface area contributed by atoms with E-state index in [2.05, 4.69) is 15.4 Å². The highest BCUT2D eigenvalue weighted by atomic mass is 35.5. The molecule has 1 aliphatic heterocycles. The third-order valence-corrected chi connectivity index (χ3v) is 9.95. The molecule has 38 heavy (non-hydrogen) atoms. The van der Waals surface area contributed by atoms with Gasteiger partial charge in [0.25, 0.3) is 5.92 Å². The number of alkyl halides is 5. The van der Waals surface area contributed by atoms with E-state index in [0.29, 0.717) is 12.8 Å². The standard InChI is InChI=1S/C23H27ClF5N3O5S/c1-30-22(4-5-22)31-19(33)15-9-14(10-16(15)20(34)32-7-6-21(25,26)11-32)38(35,36)18-3-2-13(8-17(18)24)37-12-23(27,28)29/h2-3,8,14-16,30H,4-7,9-12H2,1H3,(H,31,33)/t14-,15-,16-/m1/s1. The molecular formula is C23H27ClF5N3O5S. The van der Waals surface area contributed by atoms with Gasteiger partial charge in [-0.1, -0.05) is 11.6 Å². The third-order valence-electron chi connectivity index (χ3n) is 7.30. The Morgan fingerprint density at radius 3 is 2.34 bits per heavy atom. The maximum absolute atomic E-state index is 13.8. The van der Waals surface area contributed by atoms with Crippen LogP contribution in [0.1, 0.15) is 32.1 Å². The summed E-state index contributed by atoms with van der Waals surface area (Å²) in [6.07, 6.45) is -4.40. The van der Waals surface area contributed by atoms with Gasteiger partial charge in [-0.25, -0.2) is 17.2 Å². The van der Waals surface area contributed by atoms with Crippen molar-refractivity contribution in [3.05, 3.63) is 23.2 Å². The van der Waals surface area contributed by atoms with Crippen molar-refractivity contribution in [1.29, 1.82) is 0 Å². The van der Waals surface area contributed by atoms with Crippen LogP contribution in [0, 0.1) is 11.8 Å². The molecule has 0 bridgehead atoms. The number of benzene rings is 1. The van der Waals surface area contributed by atoms with Crippen LogP contribution in [-0.4, -0.2) is 74.9 Å². The molecule has 0 unspecified atom stereocenters. The number of rotatable bonds is 8. The molecule has 0 spiro atoms. The number of hydrogen-bond donors (Lipinski definition) is 2. The zero-order valence-electron chi connectivity index (χ0n) is 20.3. The van der Waals surface area contributed by atoms with E-state index in [0.717, 1.165) is 23.1 Å². The summed E-state index contributed by atoms with van der Waals surface area (Å²) < 4.78 is 96.5. The lowest BCUT2D eigenvalue weighted by molar-refractivity contribution is -0.153. The molecule has 1 heterocycles. The molecule has 3 aliphatic rings. The first kappa shape index (κ1) is 28.8. The Kier molecular flexibility index (Phi) is 7.65. The number of hydrogen-bond acceptors (Lipinski definition) is 6. The average Bonchev–Trinajstić information content (AvgIpc) is 3.27. The van der Waals surface area contributed by atoms with Crippen LogP contribution in [0.2, 0.25) is 5.02 Å². The Morgan fingerprint density at radius 2 is 1.82 bits per heavy atom. The fourth-order valence-corrected chi connectivity index (χ4v) is 7.37. The predicted octanol–water partition coefficient (Wildman–Crippen LogP) is 3.14. The van der Waals surface area contributed by atoms with Gasteiger partial charge in [-0.05, 0) is 44.9 Å². The number of carbonyl (C=O) groups is 2. The van der Waals surface area contributed by atoms with Gasteiger partial charge in [-0.15, -0.1) is 0 Å². The monoisotopic (exact) mass is 587 g/mol. The molecule has 15 heteroatoms. The molecule has 212 valence electrons. The zero-order chi connectivity index (χ0) is 28.1. The van der Waals surface area contributed by atoms with E-state index >= 15 is 0 Å². The number of carbonyl (C=O) groups excluding carboxylic acids is 2. The first-order valence-electron chi connectivity index (χ1n) is 12.0. The number of amides is 2. The van der Waals surface area contributed by atoms with E-state index in [4.69, 9.17) is 11.6 Å². The molecule has 8 nitrogen and oxygen atoms in total. The Labute approximate surface area is 221 Å². The third kappa shape index (κ3) is 6.17. The van der Waals surface area contributed by atoms with Gasteiger partial charge in [-0.3, -0.25) is 14.9 Å². The van der Waals surface area contributed by atoms with E-state index in [-0.39, 0.29) is 30.2 Å². The fourth-order valence-electron chi connectivity index (χ4n) is 5.00. The SMILES string of the molecule is CNC1(NC(=O)[C@@H]2C[C@@H](S(=O)(=O)c3ccc(OCC(F)(F)F)cc3Cl)C[C@H]2C(=O)N2CCC(F)(F)C2)CC1. The number of likely N-dealkylation sites (tertiary alicyclic amines) is 1. The van der Waals surface area contributed by atoms with E-state index in [1.807, 2.05) is 0 Å². The molecule has 1 aromatic carbocycles. The van der Waals surface area contributed by atoms with E-state index in [1.165, 1.54) is 0 Å². The van der Waals surface area contributed by atoms with Crippen LogP contribution in [0.25, 0.3) is 0 Å². The molecule has 2 N–H and O–H groups in total. The van der Waals surface area contributed by atoms with Gasteiger partial charge in [0.15, 0.2) is 16.4 Å². The molecule has 0 radical (unpaired) electrons. The van der Waals surface area contributed by atoms with Crippen LogP contribution < -0.4 is 15.4 Å². The Balaban J connectivity index is 1.57. The fraction of sp³-hybridized carbons (Fsp3) is 0.652. The van der Waals surface area contributed by atoms with Crippen LogP contribution in [0.3, 0.4) is 0 Å². The van der Waals surface area contributed by atoms with Crippen molar-refractivity contribution >= 4 is 33.3 Å². The minimum absolute atomic E-state index is 0.209. The first-order valence-corrected chi connectivity index (χ1v) is 13.9. The smallest absolute Gasteiger partial charge is 0.422 e. The normalized spacial score (nSPS) is 26.3. The highest BCUT2D eigenvalue weighted by Crippen LogP contribution is 2.43. The Hall–Kier alpha value is -2.19. The molecule has 4 rings (SSSR count). The van der Waals surface area contributed by atoms with Gasteiger partial charge in [-0.2, -0.15) is 13.2 Å². The zero-order valence-corrected chi connectivity index (χ0v) is 21.9. The average molecular weight is 588 g/mol. The molecule has 2 amide bonds. The lowest BCUT2D eigenvalue weighted by Gasteiger charge is -2.26. The van der Waals surface area contributed by atoms with Crippen molar-refractivity contribution in [2.45, 2.75) is 60.0 Å². The van der Waals surface area contributed by atoms with Crippen LogP contribution in [-0.2, 0) is 19.4 Å². The second kappa shape index (κ2) is 10.1. The summed E-state index contributed by atoms with van der Waals surface area (Å²) in [6.45, 7) is -2.61. The largest absolute Gasteiger partial charge is 0.484 e. The maximum Gasteiger partial charge on any atom is 0.422 e. The van der Waals surface area contributed by atoms with E-state index < -0.39 is 81.0 Å². The molecule has 2 aliphatic carbocycles. The summed E-state index contributed by atoms with van der Waals surface area (Å²) in [5.41, 5.74) is -0.655. The molecule has 0 aromatic heterocycles. The second-order valence-electron chi connectivity index (χ2n) is 10.0. The van der Waals surface area contributed by atoms with E-state index in [9.17, 15) is 40.0 Å². The van der Waals surface area contributed by atoms with Gasteiger partial charge >= 0.3 is 6.18 Å². The minimum Gasteiger partial charge on any atom is -0.484 e. The molecular weight excluding hydrogens is 561 g/mol. The van der Waals surface area contributed by atoms with Gasteiger partial charge in [0.2, 0.25) is 11.8 Å². The Bertz CT molecular complexity index is 1210. The number of ether oxygens (including phenoxy) is 1. The first-order chi connectivity index (χ1) is 17.6. The number of nitrogens with zero attached hydrogens (tertiary/aromatic N) is 1. The van der Waals surface area contributed by atoms with Gasteiger partial charge in [0.1, 0.15) is 5.75 Å². The van der Waals surface area contributed by atoms with Gasteiger partial charge < -0.3 is 15.0 Å². The summed E-state index contributed by atoms with van der Waals surface area (Å²) in [7, 11) is -2.62. The lowest BCUT2D eigenvalue weighted by atomic mass is 9.93. The van der Waals surface area contributed by atoms with Crippen molar-refractivity contribution < 1.29 is 44.7 Å². The maximum atomic E-state index is 13.8. The quantitative estimate of drug-likeness (QED) is 0.358. The summed E-state index contributed by atoms with van der Waals surface area (Å²) in [4.78, 5) is 27.0. The summed E-state index contributed by atoms with van der Waals surface area (Å²) >= 11 is 6.10. The second-order valence-corrected chi connectivity index (χ2v) is 12.6. The number of halogens is 6. The molecule has 1 saturated heterocycles. The van der Waals surface area contributed by atoms with Crippen LogP contribution >= 0.6 is 11.6 Å². The van der Waals surface area contributed by atoms with Gasteiger partial charge in [0, 0.05) is 19.0 Å². The predicted molar refractivity (Wildman–Crippen MR) is 126 cm³/mol. The minimum atomic E-state index is -4.61. The van der Waals surface area contributed by atoms with Crippen LogP contribution in [0.15, 0.2) is 23.1 Å². The summed E-state index contributed by atoms with van der Waals surface area (Å²) in [5, 5.41) is 4.15. The number of nitrogens with one attached hydrogen (secondary N) is 2. The van der Waals surface area contributed by atoms with Crippen molar-refractivity contribution in [3.63, 3.8) is 0 Å². The molecule has 1 aromatic rings. The van der Waals surface area contributed by atoms with Crippen molar-refractivity contribution in [3.8, 4) is 5.75 Å². The van der Waals surface area contributed by atoms with Gasteiger partial charge in [0.05, 0.1) is 39.2 Å². The van der Waals surface area contributed by atoms with E-state index in [1.54, 1.807) is 7.05 Å². The highest BCUT2D eigenvalue weighted by Gasteiger charge is 2.53. The molecule has 3 atom stereocenters. The topological polar surface area (TPSA) is 105 Å². The van der Waals surface area contributed by atoms with Crippen LogP contribution in [0.4, 0.5) is 22.0 Å². The molecule has 3 fully saturated rings. The summed E-state index contributed by atoms with van der Waals surface area (Å²) in [6, 6.07) is 2.98. The summed E-state index contributed by atoms with van der Waals surface area (Å²) in [5.74, 6) is -6.86. The Morgan fingerprint density at radius 1 is 1.16 bits per heavy atom. The van der Waals surface area contributed by atoms with Crippen molar-refractivity contribution in [1.82, 2.24) is 15.5 Å². The van der Waals surface area contributed by atoms with Crippen molar-refractivity contribution in [2.75, 3.05) is 26.7 Å². The molecule has 2 saturated carbocycles. The highest BCUT2D eigenvalue weighted by molar-refractivity contribution is 7.92.